The van der Waals surface area contributed by atoms with Crippen molar-refractivity contribution in [2.75, 3.05) is 25.6 Å². The van der Waals surface area contributed by atoms with E-state index in [9.17, 15) is 14.4 Å². The number of nitrogens with one attached hydrogen (secondary N) is 3. The first kappa shape index (κ1) is 23.7. The zero-order valence-corrected chi connectivity index (χ0v) is 18.9. The number of rotatable bonds is 7. The molecule has 2 rings (SSSR count). The Kier molecular flexibility index (Phi) is 7.83. The predicted octanol–water partition coefficient (Wildman–Crippen LogP) is 1.28. The van der Waals surface area contributed by atoms with Gasteiger partial charge in [0.15, 0.2) is 0 Å². The van der Waals surface area contributed by atoms with Crippen LogP contribution in [0.3, 0.4) is 0 Å². The van der Waals surface area contributed by atoms with Crippen molar-refractivity contribution in [3.63, 3.8) is 0 Å². The Morgan fingerprint density at radius 2 is 1.80 bits per heavy atom. The van der Waals surface area contributed by atoms with Gasteiger partial charge in [-0.05, 0) is 44.4 Å². The van der Waals surface area contributed by atoms with Crippen LogP contribution >= 0.6 is 0 Å². The number of anilines is 1. The van der Waals surface area contributed by atoms with Crippen molar-refractivity contribution >= 4 is 23.4 Å². The summed E-state index contributed by atoms with van der Waals surface area (Å²) in [5.41, 5.74) is 3.23. The second-order valence-electron chi connectivity index (χ2n) is 8.88. The Hall–Kier alpha value is -2.61. The summed E-state index contributed by atoms with van der Waals surface area (Å²) in [4.78, 5) is 40.4. The maximum Gasteiger partial charge on any atom is 0.261 e. The molecule has 166 valence electrons. The minimum atomic E-state index is -0.721. The molecule has 1 heterocycles. The van der Waals surface area contributed by atoms with Gasteiger partial charge in [-0.25, -0.2) is 0 Å². The van der Waals surface area contributed by atoms with E-state index in [4.69, 9.17) is 0 Å². The van der Waals surface area contributed by atoms with Crippen molar-refractivity contribution in [1.82, 2.24) is 21.0 Å². The van der Waals surface area contributed by atoms with Gasteiger partial charge in [-0.15, -0.1) is 0 Å². The smallest absolute Gasteiger partial charge is 0.261 e. The third-order valence-electron chi connectivity index (χ3n) is 5.49. The van der Waals surface area contributed by atoms with E-state index in [0.29, 0.717) is 13.0 Å². The first-order chi connectivity index (χ1) is 14.1. The summed E-state index contributed by atoms with van der Waals surface area (Å²) in [6.07, 6.45) is 1.34. The Bertz CT molecular complexity index is 747. The monoisotopic (exact) mass is 417 g/mol. The molecule has 0 spiro atoms. The molecule has 1 aromatic carbocycles. The van der Waals surface area contributed by atoms with Crippen LogP contribution in [-0.4, -0.2) is 61.4 Å². The fourth-order valence-electron chi connectivity index (χ4n) is 3.47. The molecule has 1 aliphatic rings. The second-order valence-corrected chi connectivity index (χ2v) is 8.88. The third kappa shape index (κ3) is 5.72. The van der Waals surface area contributed by atoms with E-state index < -0.39 is 23.5 Å². The van der Waals surface area contributed by atoms with Gasteiger partial charge in [-0.3, -0.25) is 24.8 Å². The number of para-hydroxylation sites is 1. The molecule has 8 nitrogen and oxygen atoms in total. The molecule has 0 saturated carbocycles. The molecular weight excluding hydrogens is 382 g/mol. The quantitative estimate of drug-likeness (QED) is 0.581. The molecule has 8 heteroatoms. The molecule has 0 unspecified atom stereocenters. The lowest BCUT2D eigenvalue weighted by molar-refractivity contribution is -0.144. The highest BCUT2D eigenvalue weighted by atomic mass is 16.2. The molecule has 1 saturated heterocycles. The molecule has 1 aromatic rings. The number of likely N-dealkylation sites (N-methyl/N-ethyl adjacent to an activating group) is 1. The van der Waals surface area contributed by atoms with Crippen molar-refractivity contribution in [2.45, 2.75) is 58.7 Å². The molecular formula is C22H35N5O3. The fourth-order valence-corrected chi connectivity index (χ4v) is 3.47. The molecule has 0 radical (unpaired) electrons. The molecule has 0 bridgehead atoms. The van der Waals surface area contributed by atoms with Crippen LogP contribution in [0.25, 0.3) is 0 Å². The molecule has 3 N–H and O–H groups in total. The summed E-state index contributed by atoms with van der Waals surface area (Å²) >= 11 is 0. The highest BCUT2D eigenvalue weighted by Gasteiger charge is 2.42. The Morgan fingerprint density at radius 3 is 2.37 bits per heavy atom. The van der Waals surface area contributed by atoms with Crippen LogP contribution in [0.5, 0.6) is 0 Å². The minimum Gasteiger partial charge on any atom is -0.342 e. The van der Waals surface area contributed by atoms with Gasteiger partial charge < -0.3 is 15.5 Å². The molecule has 0 aromatic heterocycles. The Morgan fingerprint density at radius 1 is 1.17 bits per heavy atom. The van der Waals surface area contributed by atoms with Crippen molar-refractivity contribution in [1.29, 1.82) is 0 Å². The summed E-state index contributed by atoms with van der Waals surface area (Å²) < 4.78 is 0. The van der Waals surface area contributed by atoms with Gasteiger partial charge in [-0.2, -0.15) is 0 Å². The minimum absolute atomic E-state index is 0.223. The van der Waals surface area contributed by atoms with Crippen LogP contribution in [0.15, 0.2) is 30.3 Å². The number of hydrogen-bond acceptors (Lipinski definition) is 5. The molecule has 3 atom stereocenters. The lowest BCUT2D eigenvalue weighted by Crippen LogP contribution is -2.60. The van der Waals surface area contributed by atoms with Gasteiger partial charge in [0.25, 0.3) is 5.91 Å². The molecule has 30 heavy (non-hydrogen) atoms. The fraction of sp³-hybridized carbons (Fsp3) is 0.591. The highest BCUT2D eigenvalue weighted by molar-refractivity contribution is 5.94. The van der Waals surface area contributed by atoms with Gasteiger partial charge in [0.05, 0.1) is 11.7 Å². The highest BCUT2D eigenvalue weighted by Crippen LogP contribution is 2.26. The van der Waals surface area contributed by atoms with Crippen molar-refractivity contribution in [2.24, 2.45) is 5.41 Å². The van der Waals surface area contributed by atoms with E-state index in [-0.39, 0.29) is 17.7 Å². The predicted molar refractivity (Wildman–Crippen MR) is 118 cm³/mol. The maximum atomic E-state index is 13.4. The second kappa shape index (κ2) is 9.93. The topological polar surface area (TPSA) is 93.8 Å². The van der Waals surface area contributed by atoms with Gasteiger partial charge >= 0.3 is 0 Å². The average Bonchev–Trinajstić information content (AvgIpc) is 3.20. The number of carbonyl (C=O) groups excluding carboxylic acids is 3. The van der Waals surface area contributed by atoms with Crippen LogP contribution in [-0.2, 0) is 14.4 Å². The Balaban J connectivity index is 2.13. The van der Waals surface area contributed by atoms with Crippen molar-refractivity contribution in [3.05, 3.63) is 30.3 Å². The van der Waals surface area contributed by atoms with Gasteiger partial charge in [0, 0.05) is 13.6 Å². The molecule has 0 aliphatic carbocycles. The number of hydrazine groups is 1. The average molecular weight is 418 g/mol. The van der Waals surface area contributed by atoms with Crippen LogP contribution in [0.1, 0.15) is 40.5 Å². The summed E-state index contributed by atoms with van der Waals surface area (Å²) in [6.45, 7) is 7.97. The SMILES string of the molecule is CN[C@@H](C)C(=O)N[C@H](C(=O)N1CCC[C@H]1C(=O)NN(C)c1ccccc1)C(C)(C)C. The summed E-state index contributed by atoms with van der Waals surface area (Å²) in [5, 5.41) is 7.42. The number of amides is 3. The number of hydrogen-bond donors (Lipinski definition) is 3. The third-order valence-corrected chi connectivity index (χ3v) is 5.49. The van der Waals surface area contributed by atoms with E-state index in [2.05, 4.69) is 16.1 Å². The van der Waals surface area contributed by atoms with Gasteiger partial charge in [0.1, 0.15) is 12.1 Å². The lowest BCUT2D eigenvalue weighted by Gasteiger charge is -2.36. The number of benzene rings is 1. The van der Waals surface area contributed by atoms with E-state index in [1.165, 1.54) is 0 Å². The van der Waals surface area contributed by atoms with Crippen LogP contribution in [0, 0.1) is 5.41 Å². The molecule has 1 aliphatic heterocycles. The lowest BCUT2D eigenvalue weighted by atomic mass is 9.85. The van der Waals surface area contributed by atoms with Crippen LogP contribution in [0.2, 0.25) is 0 Å². The van der Waals surface area contributed by atoms with E-state index in [0.717, 1.165) is 12.1 Å². The summed E-state index contributed by atoms with van der Waals surface area (Å²) in [5.74, 6) is -0.691. The normalized spacial score (nSPS) is 18.5. The van der Waals surface area contributed by atoms with E-state index in [1.54, 1.807) is 30.9 Å². The number of likely N-dealkylation sites (tertiary alicyclic amines) is 1. The van der Waals surface area contributed by atoms with Crippen LogP contribution in [0.4, 0.5) is 5.69 Å². The van der Waals surface area contributed by atoms with Gasteiger partial charge in [0.2, 0.25) is 11.8 Å². The first-order valence-electron chi connectivity index (χ1n) is 10.4. The van der Waals surface area contributed by atoms with E-state index in [1.807, 2.05) is 51.1 Å². The number of nitrogens with zero attached hydrogens (tertiary/aromatic N) is 2. The van der Waals surface area contributed by atoms with Crippen LogP contribution < -0.4 is 21.1 Å². The number of carbonyl (C=O) groups is 3. The first-order valence-corrected chi connectivity index (χ1v) is 10.4. The zero-order chi connectivity index (χ0) is 22.5. The Labute approximate surface area is 179 Å². The van der Waals surface area contributed by atoms with Crippen molar-refractivity contribution < 1.29 is 14.4 Å². The largest absolute Gasteiger partial charge is 0.342 e. The standard InChI is InChI=1S/C22H35N5O3/c1-15(23-5)19(28)24-18(22(2,3)4)21(30)27-14-10-13-17(27)20(29)25-26(6)16-11-8-7-9-12-16/h7-9,11-12,15,17-18,23H,10,13-14H2,1-6H3,(H,24,28)(H,25,29)/t15-,17-,18+/m0/s1. The molecule has 3 amide bonds. The summed E-state index contributed by atoms with van der Waals surface area (Å²) in [7, 11) is 3.47. The van der Waals surface area contributed by atoms with Crippen molar-refractivity contribution in [3.8, 4) is 0 Å². The van der Waals surface area contributed by atoms with Gasteiger partial charge in [-0.1, -0.05) is 39.0 Å². The molecule has 1 fully saturated rings. The van der Waals surface area contributed by atoms with E-state index >= 15 is 0 Å². The summed E-state index contributed by atoms with van der Waals surface area (Å²) in [6, 6.07) is 7.79. The zero-order valence-electron chi connectivity index (χ0n) is 18.9. The maximum absolute atomic E-state index is 13.4.